The minimum atomic E-state index is -1.14. The Morgan fingerprint density at radius 2 is 1.54 bits per heavy atom. The van der Waals surface area contributed by atoms with Gasteiger partial charge in [0.25, 0.3) is 5.91 Å². The molecule has 1 amide bonds. The van der Waals surface area contributed by atoms with Crippen molar-refractivity contribution in [1.82, 2.24) is 4.90 Å². The highest BCUT2D eigenvalue weighted by molar-refractivity contribution is 5.97. The number of hydrogen-bond acceptors (Lipinski definition) is 2. The van der Waals surface area contributed by atoms with E-state index in [0.717, 1.165) is 16.7 Å². The van der Waals surface area contributed by atoms with Crippen molar-refractivity contribution in [2.75, 3.05) is 0 Å². The van der Waals surface area contributed by atoms with E-state index in [0.29, 0.717) is 5.56 Å². The van der Waals surface area contributed by atoms with E-state index in [4.69, 9.17) is 0 Å². The van der Waals surface area contributed by atoms with Crippen molar-refractivity contribution in [2.24, 2.45) is 0 Å². The Labute approximate surface area is 165 Å². The van der Waals surface area contributed by atoms with E-state index in [-0.39, 0.29) is 11.8 Å². The summed E-state index contributed by atoms with van der Waals surface area (Å²) in [7, 11) is 0. The van der Waals surface area contributed by atoms with Crippen LogP contribution in [0.3, 0.4) is 0 Å². The van der Waals surface area contributed by atoms with Crippen LogP contribution in [0.15, 0.2) is 91.1 Å². The molecule has 0 saturated heterocycles. The summed E-state index contributed by atoms with van der Waals surface area (Å²) >= 11 is 0. The molecular formula is C25H20N2O. The molecule has 0 aliphatic carbocycles. The second kappa shape index (κ2) is 7.17. The summed E-state index contributed by atoms with van der Waals surface area (Å²) < 4.78 is 0. The van der Waals surface area contributed by atoms with Gasteiger partial charge < -0.3 is 0 Å². The van der Waals surface area contributed by atoms with Crippen LogP contribution in [-0.4, -0.2) is 10.8 Å². The van der Waals surface area contributed by atoms with Gasteiger partial charge in [-0.3, -0.25) is 9.69 Å². The Balaban J connectivity index is 1.93. The fourth-order valence-electron chi connectivity index (χ4n) is 3.98. The number of nitriles is 1. The first kappa shape index (κ1) is 17.8. The summed E-state index contributed by atoms with van der Waals surface area (Å²) in [6.45, 7) is 2.01. The summed E-state index contributed by atoms with van der Waals surface area (Å²) in [5, 5.41) is 10.5. The van der Waals surface area contributed by atoms with Crippen molar-refractivity contribution >= 4 is 12.0 Å². The van der Waals surface area contributed by atoms with Crippen LogP contribution in [-0.2, 0) is 5.54 Å². The molecule has 3 aromatic carbocycles. The number of carbonyl (C=O) groups excluding carboxylic acids is 1. The molecule has 0 aromatic heterocycles. The fourth-order valence-corrected chi connectivity index (χ4v) is 3.98. The molecule has 4 rings (SSSR count). The first-order valence-electron chi connectivity index (χ1n) is 9.31. The van der Waals surface area contributed by atoms with Gasteiger partial charge in [-0.1, -0.05) is 79.7 Å². The van der Waals surface area contributed by atoms with Crippen LogP contribution < -0.4 is 0 Å². The highest BCUT2D eigenvalue weighted by atomic mass is 16.2. The van der Waals surface area contributed by atoms with Gasteiger partial charge >= 0.3 is 0 Å². The van der Waals surface area contributed by atoms with Gasteiger partial charge in [0.2, 0.25) is 0 Å². The average molecular weight is 364 g/mol. The molecule has 0 fully saturated rings. The maximum Gasteiger partial charge on any atom is 0.259 e. The SMILES string of the molecule is CC(c1ccccc1)C1(C#N)c2ccccc2C=CN1C(=O)c1ccccc1. The number of amides is 1. The summed E-state index contributed by atoms with van der Waals surface area (Å²) in [5.74, 6) is -0.409. The minimum Gasteiger partial charge on any atom is -0.291 e. The predicted molar refractivity (Wildman–Crippen MR) is 110 cm³/mol. The van der Waals surface area contributed by atoms with Crippen molar-refractivity contribution in [3.8, 4) is 6.07 Å². The van der Waals surface area contributed by atoms with Gasteiger partial charge in [-0.25, -0.2) is 0 Å². The molecule has 0 radical (unpaired) electrons. The number of rotatable bonds is 3. The van der Waals surface area contributed by atoms with Crippen molar-refractivity contribution in [3.63, 3.8) is 0 Å². The van der Waals surface area contributed by atoms with E-state index >= 15 is 0 Å². The molecule has 2 atom stereocenters. The Kier molecular flexibility index (Phi) is 4.55. The summed E-state index contributed by atoms with van der Waals surface area (Å²) in [6.07, 6.45) is 3.66. The Hall–Kier alpha value is -3.64. The molecule has 1 heterocycles. The molecule has 0 N–H and O–H groups in total. The molecule has 1 aliphatic heterocycles. The Morgan fingerprint density at radius 3 is 2.21 bits per heavy atom. The standard InChI is InChI=1S/C25H20N2O/c1-19(20-10-4-2-5-11-20)25(18-26)23-15-9-8-12-21(23)16-17-27(25)24(28)22-13-6-3-7-14-22/h2-17,19H,1H3. The molecule has 0 spiro atoms. The van der Waals surface area contributed by atoms with E-state index < -0.39 is 5.54 Å². The molecule has 1 aliphatic rings. The van der Waals surface area contributed by atoms with Crippen molar-refractivity contribution in [1.29, 1.82) is 5.26 Å². The zero-order valence-corrected chi connectivity index (χ0v) is 15.6. The second-order valence-electron chi connectivity index (χ2n) is 6.95. The van der Waals surface area contributed by atoms with E-state index in [1.165, 1.54) is 0 Å². The summed E-state index contributed by atoms with van der Waals surface area (Å²) in [6, 6.07) is 29.4. The van der Waals surface area contributed by atoms with Crippen LogP contribution in [0, 0.1) is 11.3 Å². The van der Waals surface area contributed by atoms with Gasteiger partial charge in [0.15, 0.2) is 5.54 Å². The molecule has 136 valence electrons. The van der Waals surface area contributed by atoms with Crippen LogP contribution in [0.2, 0.25) is 0 Å². The van der Waals surface area contributed by atoms with Crippen LogP contribution in [0.5, 0.6) is 0 Å². The smallest absolute Gasteiger partial charge is 0.259 e. The average Bonchev–Trinajstić information content (AvgIpc) is 2.78. The van der Waals surface area contributed by atoms with Crippen LogP contribution in [0.4, 0.5) is 0 Å². The zero-order valence-electron chi connectivity index (χ0n) is 15.6. The molecule has 3 heteroatoms. The van der Waals surface area contributed by atoms with Gasteiger partial charge in [-0.05, 0) is 29.3 Å². The molecule has 28 heavy (non-hydrogen) atoms. The highest BCUT2D eigenvalue weighted by Gasteiger charge is 2.49. The summed E-state index contributed by atoms with van der Waals surface area (Å²) in [5.41, 5.74) is 2.25. The number of carbonyl (C=O) groups is 1. The van der Waals surface area contributed by atoms with E-state index in [1.807, 2.05) is 85.8 Å². The van der Waals surface area contributed by atoms with Gasteiger partial charge in [0.1, 0.15) is 0 Å². The molecular weight excluding hydrogens is 344 g/mol. The lowest BCUT2D eigenvalue weighted by molar-refractivity contribution is 0.0664. The second-order valence-corrected chi connectivity index (χ2v) is 6.95. The zero-order chi connectivity index (χ0) is 19.6. The van der Waals surface area contributed by atoms with Crippen molar-refractivity contribution in [2.45, 2.75) is 18.4 Å². The van der Waals surface area contributed by atoms with Crippen LogP contribution in [0.25, 0.3) is 6.08 Å². The predicted octanol–water partition coefficient (Wildman–Crippen LogP) is 5.34. The Morgan fingerprint density at radius 1 is 0.929 bits per heavy atom. The van der Waals surface area contributed by atoms with Gasteiger partial charge in [-0.2, -0.15) is 5.26 Å². The fraction of sp³-hybridized carbons (Fsp3) is 0.120. The third-order valence-electron chi connectivity index (χ3n) is 5.49. The van der Waals surface area contributed by atoms with Gasteiger partial charge in [0.05, 0.1) is 6.07 Å². The molecule has 0 saturated carbocycles. The number of nitrogens with zero attached hydrogens (tertiary/aromatic N) is 2. The number of hydrogen-bond donors (Lipinski definition) is 0. The lowest BCUT2D eigenvalue weighted by atomic mass is 9.72. The van der Waals surface area contributed by atoms with E-state index in [2.05, 4.69) is 6.07 Å². The third-order valence-corrected chi connectivity index (χ3v) is 5.49. The maximum absolute atomic E-state index is 13.4. The largest absolute Gasteiger partial charge is 0.291 e. The number of fused-ring (bicyclic) bond motifs is 1. The van der Waals surface area contributed by atoms with Crippen molar-refractivity contribution < 1.29 is 4.79 Å². The molecule has 3 aromatic rings. The van der Waals surface area contributed by atoms with Gasteiger partial charge in [-0.15, -0.1) is 0 Å². The van der Waals surface area contributed by atoms with Gasteiger partial charge in [0, 0.05) is 23.2 Å². The lowest BCUT2D eigenvalue weighted by Gasteiger charge is -2.44. The monoisotopic (exact) mass is 364 g/mol. The van der Waals surface area contributed by atoms with Crippen molar-refractivity contribution in [3.05, 3.63) is 113 Å². The molecule has 3 nitrogen and oxygen atoms in total. The first-order chi connectivity index (χ1) is 13.7. The molecule has 2 unspecified atom stereocenters. The Bertz CT molecular complexity index is 1070. The number of benzene rings is 3. The third kappa shape index (κ3) is 2.71. The first-order valence-corrected chi connectivity index (χ1v) is 9.31. The van der Waals surface area contributed by atoms with E-state index in [9.17, 15) is 10.1 Å². The minimum absolute atomic E-state index is 0.185. The molecule has 0 bridgehead atoms. The maximum atomic E-state index is 13.4. The quantitative estimate of drug-likeness (QED) is 0.630. The van der Waals surface area contributed by atoms with E-state index in [1.54, 1.807) is 23.2 Å². The normalized spacial score (nSPS) is 18.8. The summed E-state index contributed by atoms with van der Waals surface area (Å²) in [4.78, 5) is 15.0. The topological polar surface area (TPSA) is 44.1 Å². The lowest BCUT2D eigenvalue weighted by Crippen LogP contribution is -2.50. The van der Waals surface area contributed by atoms with Crippen LogP contribution in [0.1, 0.15) is 39.9 Å². The van der Waals surface area contributed by atoms with Crippen LogP contribution >= 0.6 is 0 Å². The highest BCUT2D eigenvalue weighted by Crippen LogP contribution is 2.46.